The second-order valence-corrected chi connectivity index (χ2v) is 8.30. The summed E-state index contributed by atoms with van der Waals surface area (Å²) >= 11 is 0. The Bertz CT molecular complexity index is 1160. The number of hydrogen-bond acceptors (Lipinski definition) is 2. The largest absolute Gasteiger partial charge is 0.322 e. The number of rotatable bonds is 4. The first-order valence-electron chi connectivity index (χ1n) is 10.8. The quantitative estimate of drug-likeness (QED) is 0.394. The van der Waals surface area contributed by atoms with Crippen molar-refractivity contribution in [3.8, 4) is 11.3 Å². The molecule has 1 N–H and O–H groups in total. The highest BCUT2D eigenvalue weighted by Gasteiger charge is 2.08. The molecule has 0 atom stereocenters. The smallest absolute Gasteiger partial charge is 0.255 e. The molecule has 2 heterocycles. The van der Waals surface area contributed by atoms with Crippen LogP contribution in [0.25, 0.3) is 16.9 Å². The number of benzene rings is 2. The molecule has 160 valence electrons. The maximum absolute atomic E-state index is 12.4. The molecule has 0 bridgehead atoms. The van der Waals surface area contributed by atoms with Crippen LogP contribution in [0.5, 0.6) is 0 Å². The Hall–Kier alpha value is -3.40. The molecule has 4 heteroatoms. The van der Waals surface area contributed by atoms with Gasteiger partial charge in [0.1, 0.15) is 5.65 Å². The van der Waals surface area contributed by atoms with Gasteiger partial charge in [-0.05, 0) is 61.7 Å². The number of imidazole rings is 1. The molecule has 0 saturated carbocycles. The fourth-order valence-electron chi connectivity index (χ4n) is 2.89. The van der Waals surface area contributed by atoms with E-state index in [9.17, 15) is 4.79 Å². The van der Waals surface area contributed by atoms with Crippen LogP contribution in [0, 0.1) is 19.8 Å². The maximum Gasteiger partial charge on any atom is 0.255 e. The number of aromatic nitrogens is 2. The SMILES string of the molecule is CCC(C)C.Cc1ccc(C(=O)Nc2cccc(-c3cn4ccc(C)cc4n3)c2)cc1. The molecule has 31 heavy (non-hydrogen) atoms. The number of carbonyl (C=O) groups is 1. The Morgan fingerprint density at radius 2 is 1.71 bits per heavy atom. The van der Waals surface area contributed by atoms with E-state index in [4.69, 9.17) is 0 Å². The third-order valence-electron chi connectivity index (χ3n) is 5.16. The van der Waals surface area contributed by atoms with Crippen LogP contribution in [0.4, 0.5) is 5.69 Å². The van der Waals surface area contributed by atoms with Crippen molar-refractivity contribution in [1.29, 1.82) is 0 Å². The topological polar surface area (TPSA) is 46.4 Å². The van der Waals surface area contributed by atoms with Crippen molar-refractivity contribution in [3.05, 3.63) is 89.7 Å². The minimum Gasteiger partial charge on any atom is -0.322 e. The van der Waals surface area contributed by atoms with Crippen LogP contribution in [0.3, 0.4) is 0 Å². The number of hydrogen-bond donors (Lipinski definition) is 1. The number of nitrogens with one attached hydrogen (secondary N) is 1. The molecular weight excluding hydrogens is 382 g/mol. The van der Waals surface area contributed by atoms with Crippen LogP contribution >= 0.6 is 0 Å². The van der Waals surface area contributed by atoms with Gasteiger partial charge in [0.15, 0.2) is 0 Å². The summed E-state index contributed by atoms with van der Waals surface area (Å²) in [7, 11) is 0. The first kappa shape index (κ1) is 22.3. The number of anilines is 1. The van der Waals surface area contributed by atoms with Gasteiger partial charge in [0.05, 0.1) is 5.69 Å². The molecule has 2 aromatic carbocycles. The molecule has 0 saturated heterocycles. The van der Waals surface area contributed by atoms with Crippen LogP contribution < -0.4 is 5.32 Å². The summed E-state index contributed by atoms with van der Waals surface area (Å²) in [4.78, 5) is 17.1. The highest BCUT2D eigenvalue weighted by Crippen LogP contribution is 2.23. The number of amides is 1. The summed E-state index contributed by atoms with van der Waals surface area (Å²) in [5.41, 5.74) is 6.45. The van der Waals surface area contributed by atoms with E-state index in [1.54, 1.807) is 0 Å². The molecule has 1 amide bonds. The van der Waals surface area contributed by atoms with E-state index in [0.29, 0.717) is 5.56 Å². The Morgan fingerprint density at radius 3 is 2.39 bits per heavy atom. The monoisotopic (exact) mass is 413 g/mol. The number of carbonyl (C=O) groups excluding carboxylic acids is 1. The summed E-state index contributed by atoms with van der Waals surface area (Å²) in [6.07, 6.45) is 5.31. The number of nitrogens with zero attached hydrogens (tertiary/aromatic N) is 2. The van der Waals surface area contributed by atoms with Crippen molar-refractivity contribution < 1.29 is 4.79 Å². The van der Waals surface area contributed by atoms with Gasteiger partial charge in [0.25, 0.3) is 5.91 Å². The van der Waals surface area contributed by atoms with E-state index in [-0.39, 0.29) is 5.91 Å². The van der Waals surface area contributed by atoms with Crippen molar-refractivity contribution in [2.24, 2.45) is 5.92 Å². The van der Waals surface area contributed by atoms with Gasteiger partial charge in [-0.3, -0.25) is 4.79 Å². The van der Waals surface area contributed by atoms with E-state index in [1.807, 2.05) is 78.3 Å². The normalized spacial score (nSPS) is 10.6. The molecule has 0 aliphatic heterocycles. The predicted molar refractivity (Wildman–Crippen MR) is 130 cm³/mol. The zero-order valence-corrected chi connectivity index (χ0v) is 19.0. The molecular formula is C27H31N3O. The van der Waals surface area contributed by atoms with Crippen LogP contribution in [0.15, 0.2) is 73.1 Å². The first-order valence-corrected chi connectivity index (χ1v) is 10.8. The minimum atomic E-state index is -0.118. The van der Waals surface area contributed by atoms with Crippen LogP contribution in [0.2, 0.25) is 0 Å². The van der Waals surface area contributed by atoms with E-state index in [0.717, 1.165) is 34.1 Å². The highest BCUT2D eigenvalue weighted by molar-refractivity contribution is 6.04. The van der Waals surface area contributed by atoms with Gasteiger partial charge in [-0.15, -0.1) is 0 Å². The Balaban J connectivity index is 0.000000491. The zero-order valence-electron chi connectivity index (χ0n) is 19.0. The summed E-state index contributed by atoms with van der Waals surface area (Å²) in [6.45, 7) is 10.7. The van der Waals surface area contributed by atoms with Gasteiger partial charge in [0.2, 0.25) is 0 Å². The Morgan fingerprint density at radius 1 is 1.00 bits per heavy atom. The Kier molecular flexibility index (Phi) is 7.24. The lowest BCUT2D eigenvalue weighted by Gasteiger charge is -2.07. The molecule has 0 unspecified atom stereocenters. The van der Waals surface area contributed by atoms with E-state index in [1.165, 1.54) is 12.0 Å². The minimum absolute atomic E-state index is 0.118. The van der Waals surface area contributed by atoms with Crippen molar-refractivity contribution in [2.45, 2.75) is 41.0 Å². The van der Waals surface area contributed by atoms with E-state index >= 15 is 0 Å². The number of pyridine rings is 1. The third kappa shape index (κ3) is 6.05. The third-order valence-corrected chi connectivity index (χ3v) is 5.16. The van der Waals surface area contributed by atoms with Gasteiger partial charge < -0.3 is 9.72 Å². The van der Waals surface area contributed by atoms with Gasteiger partial charge in [0, 0.05) is 29.2 Å². The van der Waals surface area contributed by atoms with Gasteiger partial charge in [-0.2, -0.15) is 0 Å². The van der Waals surface area contributed by atoms with Crippen LogP contribution in [0.1, 0.15) is 48.7 Å². The van der Waals surface area contributed by atoms with Crippen molar-refractivity contribution in [1.82, 2.24) is 9.38 Å². The summed E-state index contributed by atoms with van der Waals surface area (Å²) in [6, 6.07) is 19.4. The lowest BCUT2D eigenvalue weighted by molar-refractivity contribution is 0.102. The number of aryl methyl sites for hydroxylation is 2. The number of fused-ring (bicyclic) bond motifs is 1. The van der Waals surface area contributed by atoms with Crippen molar-refractivity contribution in [3.63, 3.8) is 0 Å². The molecule has 2 aromatic heterocycles. The zero-order chi connectivity index (χ0) is 22.4. The van der Waals surface area contributed by atoms with E-state index < -0.39 is 0 Å². The van der Waals surface area contributed by atoms with Gasteiger partial charge >= 0.3 is 0 Å². The van der Waals surface area contributed by atoms with Crippen LogP contribution in [-0.4, -0.2) is 15.3 Å². The average molecular weight is 414 g/mol. The molecule has 4 aromatic rings. The molecule has 0 radical (unpaired) electrons. The van der Waals surface area contributed by atoms with Gasteiger partial charge in [-0.25, -0.2) is 4.98 Å². The molecule has 0 aliphatic carbocycles. The van der Waals surface area contributed by atoms with Crippen LogP contribution in [-0.2, 0) is 0 Å². The summed E-state index contributed by atoms with van der Waals surface area (Å²) < 4.78 is 2.00. The average Bonchev–Trinajstić information content (AvgIpc) is 3.18. The molecule has 0 spiro atoms. The standard InChI is InChI=1S/C22H19N3O.C5H12/c1-15-6-8-17(9-7-15)22(26)23-19-5-3-4-18(13-19)20-14-25-11-10-16(2)12-21(25)24-20;1-4-5(2)3/h3-14H,1-2H3,(H,23,26);5H,4H2,1-3H3. The first-order chi connectivity index (χ1) is 14.9. The van der Waals surface area contributed by atoms with Crippen molar-refractivity contribution >= 4 is 17.2 Å². The van der Waals surface area contributed by atoms with E-state index in [2.05, 4.69) is 44.1 Å². The summed E-state index contributed by atoms with van der Waals surface area (Å²) in [5, 5.41) is 2.96. The fraction of sp³-hybridized carbons (Fsp3) is 0.259. The Labute approximate surface area is 185 Å². The highest BCUT2D eigenvalue weighted by atomic mass is 16.1. The van der Waals surface area contributed by atoms with Crippen molar-refractivity contribution in [2.75, 3.05) is 5.32 Å². The van der Waals surface area contributed by atoms with Gasteiger partial charge in [-0.1, -0.05) is 57.0 Å². The fourth-order valence-corrected chi connectivity index (χ4v) is 2.89. The maximum atomic E-state index is 12.4. The lowest BCUT2D eigenvalue weighted by atomic mass is 10.1. The second-order valence-electron chi connectivity index (χ2n) is 8.30. The summed E-state index contributed by atoms with van der Waals surface area (Å²) in [5.74, 6) is 0.766. The molecule has 4 rings (SSSR count). The molecule has 0 fully saturated rings. The predicted octanol–water partition coefficient (Wildman–Crippen LogP) is 6.92. The molecule has 0 aliphatic rings. The molecule has 4 nitrogen and oxygen atoms in total. The lowest BCUT2D eigenvalue weighted by Crippen LogP contribution is -2.11. The second kappa shape index (κ2) is 10.1.